The summed E-state index contributed by atoms with van der Waals surface area (Å²) in [5.74, 6) is 0.875. The van der Waals surface area contributed by atoms with Gasteiger partial charge in [-0.1, -0.05) is 36.2 Å². The topological polar surface area (TPSA) is 65.8 Å². The highest BCUT2D eigenvalue weighted by molar-refractivity contribution is 6.36. The Kier molecular flexibility index (Phi) is 6.52. The summed E-state index contributed by atoms with van der Waals surface area (Å²) in [6.07, 6.45) is 0. The van der Waals surface area contributed by atoms with Crippen molar-refractivity contribution in [1.82, 2.24) is 15.1 Å². The van der Waals surface area contributed by atoms with Gasteiger partial charge in [0.05, 0.1) is 0 Å². The number of amides is 3. The van der Waals surface area contributed by atoms with Gasteiger partial charge in [0.2, 0.25) is 0 Å². The van der Waals surface area contributed by atoms with Crippen LogP contribution in [0.4, 0.5) is 4.79 Å². The molecule has 2 heterocycles. The summed E-state index contributed by atoms with van der Waals surface area (Å²) < 4.78 is 5.39. The molecule has 1 aliphatic rings. The molecular formula is C20H23Cl2N3O3. The number of carbonyl (C=O) groups excluding carboxylic acids is 2. The summed E-state index contributed by atoms with van der Waals surface area (Å²) >= 11 is 12.5. The molecule has 28 heavy (non-hydrogen) atoms. The molecule has 3 rings (SSSR count). The number of rotatable bonds is 4. The first kappa shape index (κ1) is 20.6. The molecule has 3 amide bonds. The van der Waals surface area contributed by atoms with Gasteiger partial charge in [-0.2, -0.15) is 0 Å². The van der Waals surface area contributed by atoms with Crippen LogP contribution in [0.1, 0.15) is 34.7 Å². The van der Waals surface area contributed by atoms with Gasteiger partial charge in [0.25, 0.3) is 5.91 Å². The van der Waals surface area contributed by atoms with Crippen LogP contribution in [0.3, 0.4) is 0 Å². The monoisotopic (exact) mass is 423 g/mol. The second-order valence-corrected chi connectivity index (χ2v) is 7.73. The van der Waals surface area contributed by atoms with Crippen LogP contribution in [0.5, 0.6) is 0 Å². The Bertz CT molecular complexity index is 840. The molecule has 0 radical (unpaired) electrons. The van der Waals surface area contributed by atoms with Crippen LogP contribution >= 0.6 is 23.2 Å². The Morgan fingerprint density at radius 1 is 1.07 bits per heavy atom. The minimum Gasteiger partial charge on any atom is -0.456 e. The molecule has 1 unspecified atom stereocenters. The largest absolute Gasteiger partial charge is 0.456 e. The first-order valence-corrected chi connectivity index (χ1v) is 9.95. The van der Waals surface area contributed by atoms with E-state index in [0.29, 0.717) is 54.3 Å². The summed E-state index contributed by atoms with van der Waals surface area (Å²) in [7, 11) is 0. The highest BCUT2D eigenvalue weighted by Crippen LogP contribution is 2.31. The van der Waals surface area contributed by atoms with Crippen molar-refractivity contribution in [3.05, 3.63) is 57.5 Å². The third-order valence-electron chi connectivity index (χ3n) is 4.86. The van der Waals surface area contributed by atoms with Gasteiger partial charge in [-0.15, -0.1) is 0 Å². The van der Waals surface area contributed by atoms with Crippen molar-refractivity contribution in [2.24, 2.45) is 0 Å². The van der Waals surface area contributed by atoms with Gasteiger partial charge in [0.1, 0.15) is 5.76 Å². The van der Waals surface area contributed by atoms with Gasteiger partial charge in [0.15, 0.2) is 5.76 Å². The SMILES string of the molecule is Cc1ccc(C(=O)N2CCN(C(=O)NCC(C)c3c(Cl)cccc3Cl)CC2)o1. The summed E-state index contributed by atoms with van der Waals surface area (Å²) in [6.45, 7) is 6.07. The minimum atomic E-state index is -0.157. The number of aryl methyl sites for hydroxylation is 1. The molecule has 1 aromatic heterocycles. The lowest BCUT2D eigenvalue weighted by molar-refractivity contribution is 0.0633. The maximum absolute atomic E-state index is 12.5. The minimum absolute atomic E-state index is 0.0183. The molecule has 1 aromatic carbocycles. The van der Waals surface area contributed by atoms with E-state index in [2.05, 4.69) is 5.32 Å². The van der Waals surface area contributed by atoms with Crippen molar-refractivity contribution < 1.29 is 14.0 Å². The van der Waals surface area contributed by atoms with Crippen molar-refractivity contribution in [3.8, 4) is 0 Å². The van der Waals surface area contributed by atoms with Crippen molar-refractivity contribution >= 4 is 35.1 Å². The van der Waals surface area contributed by atoms with Gasteiger partial charge in [0, 0.05) is 48.7 Å². The van der Waals surface area contributed by atoms with Crippen LogP contribution < -0.4 is 5.32 Å². The molecule has 0 aliphatic carbocycles. The van der Waals surface area contributed by atoms with Crippen molar-refractivity contribution in [2.75, 3.05) is 32.7 Å². The molecule has 8 heteroatoms. The maximum Gasteiger partial charge on any atom is 0.317 e. The Balaban J connectivity index is 1.49. The molecule has 0 spiro atoms. The standard InChI is InChI=1S/C20H23Cl2N3O3/c1-13(18-15(21)4-3-5-16(18)22)12-23-20(27)25-10-8-24(9-11-25)19(26)17-7-6-14(2)28-17/h3-7,13H,8-12H2,1-2H3,(H,23,27). The first-order valence-electron chi connectivity index (χ1n) is 9.19. The number of nitrogens with one attached hydrogen (secondary N) is 1. The number of furan rings is 1. The fourth-order valence-electron chi connectivity index (χ4n) is 3.25. The lowest BCUT2D eigenvalue weighted by Gasteiger charge is -2.34. The number of carbonyl (C=O) groups is 2. The predicted octanol–water partition coefficient (Wildman–Crippen LogP) is 4.17. The van der Waals surface area contributed by atoms with Crippen LogP contribution in [-0.4, -0.2) is 54.5 Å². The van der Waals surface area contributed by atoms with E-state index in [1.165, 1.54) is 0 Å². The van der Waals surface area contributed by atoms with Gasteiger partial charge < -0.3 is 19.5 Å². The fourth-order valence-corrected chi connectivity index (χ4v) is 4.02. The lowest BCUT2D eigenvalue weighted by Crippen LogP contribution is -2.53. The number of urea groups is 1. The van der Waals surface area contributed by atoms with E-state index in [4.69, 9.17) is 27.6 Å². The quantitative estimate of drug-likeness (QED) is 0.802. The normalized spacial score (nSPS) is 15.4. The predicted molar refractivity (Wildman–Crippen MR) is 109 cm³/mol. The number of halogens is 2. The highest BCUT2D eigenvalue weighted by Gasteiger charge is 2.26. The van der Waals surface area contributed by atoms with E-state index >= 15 is 0 Å². The molecule has 0 bridgehead atoms. The van der Waals surface area contributed by atoms with Crippen LogP contribution in [-0.2, 0) is 0 Å². The third kappa shape index (κ3) is 4.62. The Morgan fingerprint density at radius 2 is 1.68 bits per heavy atom. The maximum atomic E-state index is 12.5. The summed E-state index contributed by atoms with van der Waals surface area (Å²) in [6, 6.07) is 8.66. The van der Waals surface area contributed by atoms with Gasteiger partial charge in [-0.3, -0.25) is 4.79 Å². The zero-order chi connectivity index (χ0) is 20.3. The molecule has 150 valence electrons. The number of hydrogen-bond donors (Lipinski definition) is 1. The second-order valence-electron chi connectivity index (χ2n) is 6.91. The van der Waals surface area contributed by atoms with Crippen LogP contribution in [0.2, 0.25) is 10.0 Å². The molecule has 1 saturated heterocycles. The number of piperazine rings is 1. The van der Waals surface area contributed by atoms with Crippen molar-refractivity contribution in [2.45, 2.75) is 19.8 Å². The van der Waals surface area contributed by atoms with Crippen LogP contribution in [0, 0.1) is 6.92 Å². The van der Waals surface area contributed by atoms with Gasteiger partial charge >= 0.3 is 6.03 Å². The summed E-state index contributed by atoms with van der Waals surface area (Å²) in [5, 5.41) is 4.12. The average Bonchev–Trinajstić information content (AvgIpc) is 3.12. The van der Waals surface area contributed by atoms with Crippen molar-refractivity contribution in [1.29, 1.82) is 0 Å². The van der Waals surface area contributed by atoms with E-state index in [-0.39, 0.29) is 17.9 Å². The number of benzene rings is 1. The third-order valence-corrected chi connectivity index (χ3v) is 5.52. The molecule has 1 fully saturated rings. The second kappa shape index (κ2) is 8.88. The smallest absolute Gasteiger partial charge is 0.317 e. The first-order chi connectivity index (χ1) is 13.4. The van der Waals surface area contributed by atoms with E-state index < -0.39 is 0 Å². The molecule has 1 atom stereocenters. The average molecular weight is 424 g/mol. The molecule has 0 saturated carbocycles. The molecule has 1 aliphatic heterocycles. The lowest BCUT2D eigenvalue weighted by atomic mass is 10.0. The van der Waals surface area contributed by atoms with Gasteiger partial charge in [-0.25, -0.2) is 4.79 Å². The Morgan fingerprint density at radius 3 is 2.25 bits per heavy atom. The summed E-state index contributed by atoms with van der Waals surface area (Å²) in [4.78, 5) is 28.3. The zero-order valence-electron chi connectivity index (χ0n) is 15.9. The van der Waals surface area contributed by atoms with Crippen molar-refractivity contribution in [3.63, 3.8) is 0 Å². The molecule has 1 N–H and O–H groups in total. The fraction of sp³-hybridized carbons (Fsp3) is 0.400. The zero-order valence-corrected chi connectivity index (χ0v) is 17.4. The summed E-state index contributed by atoms with van der Waals surface area (Å²) in [5.41, 5.74) is 0.829. The number of nitrogens with zero attached hydrogens (tertiary/aromatic N) is 2. The van der Waals surface area contributed by atoms with Crippen LogP contribution in [0.15, 0.2) is 34.7 Å². The Labute approximate surface area is 174 Å². The molecular weight excluding hydrogens is 401 g/mol. The van der Waals surface area contributed by atoms with E-state index in [9.17, 15) is 9.59 Å². The highest BCUT2D eigenvalue weighted by atomic mass is 35.5. The molecule has 2 aromatic rings. The van der Waals surface area contributed by atoms with E-state index in [0.717, 1.165) is 5.56 Å². The number of hydrogen-bond acceptors (Lipinski definition) is 3. The van der Waals surface area contributed by atoms with Crippen LogP contribution in [0.25, 0.3) is 0 Å². The molecule has 6 nitrogen and oxygen atoms in total. The van der Waals surface area contributed by atoms with E-state index in [1.807, 2.05) is 6.92 Å². The van der Waals surface area contributed by atoms with E-state index in [1.54, 1.807) is 47.1 Å². The Hall–Kier alpha value is -2.18. The van der Waals surface area contributed by atoms with Gasteiger partial charge in [-0.05, 0) is 36.8 Å².